The van der Waals surface area contributed by atoms with Gasteiger partial charge in [-0.05, 0) is 41.8 Å². The van der Waals surface area contributed by atoms with Crippen LogP contribution in [0.5, 0.6) is 5.75 Å². The lowest BCUT2D eigenvalue weighted by molar-refractivity contribution is -0.121. The predicted octanol–water partition coefficient (Wildman–Crippen LogP) is 1.95. The Morgan fingerprint density at radius 3 is 2.48 bits per heavy atom. The van der Waals surface area contributed by atoms with Crippen LogP contribution >= 0.6 is 0 Å². The molecule has 146 valence electrons. The molecule has 2 rings (SSSR count). The van der Waals surface area contributed by atoms with Crippen LogP contribution in [-0.4, -0.2) is 45.1 Å². The lowest BCUT2D eigenvalue weighted by Crippen LogP contribution is -2.40. The van der Waals surface area contributed by atoms with Crippen LogP contribution < -0.4 is 10.1 Å². The molecular formula is C19H23FN2O4S. The monoisotopic (exact) mass is 394 g/mol. The molecule has 0 aromatic heterocycles. The van der Waals surface area contributed by atoms with Gasteiger partial charge in [-0.15, -0.1) is 0 Å². The predicted molar refractivity (Wildman–Crippen MR) is 101 cm³/mol. The van der Waals surface area contributed by atoms with Gasteiger partial charge < -0.3 is 10.1 Å². The summed E-state index contributed by atoms with van der Waals surface area (Å²) in [5.74, 6) is -0.0632. The van der Waals surface area contributed by atoms with E-state index < -0.39 is 21.7 Å². The van der Waals surface area contributed by atoms with Crippen LogP contribution in [0.3, 0.4) is 0 Å². The molecule has 27 heavy (non-hydrogen) atoms. The number of hydrogen-bond donors (Lipinski definition) is 1. The van der Waals surface area contributed by atoms with Crippen LogP contribution in [0.25, 0.3) is 0 Å². The maximum absolute atomic E-state index is 13.0. The first-order valence-electron chi connectivity index (χ1n) is 8.37. The van der Waals surface area contributed by atoms with Crippen molar-refractivity contribution >= 4 is 15.9 Å². The normalized spacial score (nSPS) is 11.4. The third-order valence-corrected chi connectivity index (χ3v) is 5.13. The Bertz CT molecular complexity index is 870. The number of halogens is 1. The molecule has 8 heteroatoms. The van der Waals surface area contributed by atoms with Gasteiger partial charge in [-0.25, -0.2) is 12.8 Å². The van der Waals surface area contributed by atoms with Gasteiger partial charge in [0.05, 0.1) is 19.9 Å². The minimum atomic E-state index is -3.59. The van der Waals surface area contributed by atoms with Gasteiger partial charge in [0.1, 0.15) is 11.6 Å². The van der Waals surface area contributed by atoms with Gasteiger partial charge in [0.15, 0.2) is 0 Å². The Morgan fingerprint density at radius 2 is 1.85 bits per heavy atom. The highest BCUT2D eigenvalue weighted by molar-refractivity contribution is 7.88. The maximum Gasteiger partial charge on any atom is 0.235 e. The van der Waals surface area contributed by atoms with E-state index in [0.29, 0.717) is 18.5 Å². The summed E-state index contributed by atoms with van der Waals surface area (Å²) in [5.41, 5.74) is 1.60. The number of nitrogens with zero attached hydrogens (tertiary/aromatic N) is 1. The topological polar surface area (TPSA) is 75.7 Å². The van der Waals surface area contributed by atoms with E-state index in [4.69, 9.17) is 4.74 Å². The van der Waals surface area contributed by atoms with Gasteiger partial charge in [-0.2, -0.15) is 4.31 Å². The number of ether oxygens (including phenoxy) is 1. The highest BCUT2D eigenvalue weighted by Crippen LogP contribution is 2.13. The van der Waals surface area contributed by atoms with E-state index in [0.717, 1.165) is 21.9 Å². The molecule has 6 nitrogen and oxygen atoms in total. The van der Waals surface area contributed by atoms with Crippen LogP contribution in [0.2, 0.25) is 0 Å². The summed E-state index contributed by atoms with van der Waals surface area (Å²) in [6.07, 6.45) is 1.64. The summed E-state index contributed by atoms with van der Waals surface area (Å²) >= 11 is 0. The largest absolute Gasteiger partial charge is 0.497 e. The molecule has 0 bridgehead atoms. The van der Waals surface area contributed by atoms with Gasteiger partial charge in [-0.3, -0.25) is 4.79 Å². The molecule has 0 atom stereocenters. The molecule has 0 unspecified atom stereocenters. The molecule has 2 aromatic carbocycles. The summed E-state index contributed by atoms with van der Waals surface area (Å²) in [7, 11) is -2.01. The standard InChI is InChI=1S/C19H23FN2O4S/c1-26-18-5-3-4-15(12-18)10-11-21-19(23)14-22(27(2,24)25)13-16-6-8-17(20)9-7-16/h3-9,12H,10-11,13-14H2,1-2H3,(H,21,23). The quantitative estimate of drug-likeness (QED) is 0.705. The van der Waals surface area contributed by atoms with Crippen LogP contribution in [-0.2, 0) is 27.8 Å². The molecule has 1 amide bonds. The molecule has 0 spiro atoms. The number of rotatable bonds is 9. The van der Waals surface area contributed by atoms with Crippen molar-refractivity contribution in [1.82, 2.24) is 9.62 Å². The average molecular weight is 394 g/mol. The Hall–Kier alpha value is -2.45. The van der Waals surface area contributed by atoms with Crippen LogP contribution in [0.4, 0.5) is 4.39 Å². The second-order valence-corrected chi connectivity index (χ2v) is 8.09. The average Bonchev–Trinajstić information content (AvgIpc) is 2.62. The fraction of sp³-hybridized carbons (Fsp3) is 0.316. The maximum atomic E-state index is 13.0. The van der Waals surface area contributed by atoms with Crippen LogP contribution in [0, 0.1) is 5.82 Å². The number of methoxy groups -OCH3 is 1. The molecule has 0 aliphatic rings. The Kier molecular flexibility index (Phi) is 7.32. The van der Waals surface area contributed by atoms with E-state index in [1.54, 1.807) is 7.11 Å². The minimum Gasteiger partial charge on any atom is -0.497 e. The van der Waals surface area contributed by atoms with E-state index in [1.807, 2.05) is 24.3 Å². The van der Waals surface area contributed by atoms with Crippen molar-refractivity contribution < 1.29 is 22.3 Å². The number of carbonyl (C=O) groups excluding carboxylic acids is 1. The van der Waals surface area contributed by atoms with Gasteiger partial charge in [0.25, 0.3) is 0 Å². The molecule has 0 aliphatic carbocycles. The molecule has 0 fully saturated rings. The van der Waals surface area contributed by atoms with Crippen molar-refractivity contribution in [2.45, 2.75) is 13.0 Å². The lowest BCUT2D eigenvalue weighted by atomic mass is 10.1. The van der Waals surface area contributed by atoms with E-state index >= 15 is 0 Å². The number of carbonyl (C=O) groups is 1. The zero-order valence-corrected chi connectivity index (χ0v) is 16.1. The van der Waals surface area contributed by atoms with Crippen molar-refractivity contribution in [3.63, 3.8) is 0 Å². The summed E-state index contributed by atoms with van der Waals surface area (Å²) in [5, 5.41) is 2.72. The van der Waals surface area contributed by atoms with Gasteiger partial charge in [-0.1, -0.05) is 24.3 Å². The number of benzene rings is 2. The van der Waals surface area contributed by atoms with Crippen molar-refractivity contribution in [1.29, 1.82) is 0 Å². The summed E-state index contributed by atoms with van der Waals surface area (Å²) < 4.78 is 43.1. The Balaban J connectivity index is 1.90. The van der Waals surface area contributed by atoms with E-state index in [-0.39, 0.29) is 13.1 Å². The summed E-state index contributed by atoms with van der Waals surface area (Å²) in [6.45, 7) is 0.0802. The third-order valence-electron chi connectivity index (χ3n) is 3.93. The van der Waals surface area contributed by atoms with E-state index in [9.17, 15) is 17.6 Å². The lowest BCUT2D eigenvalue weighted by Gasteiger charge is -2.19. The number of hydrogen-bond acceptors (Lipinski definition) is 4. The van der Waals surface area contributed by atoms with E-state index in [1.165, 1.54) is 24.3 Å². The molecule has 2 aromatic rings. The van der Waals surface area contributed by atoms with Crippen LogP contribution in [0.1, 0.15) is 11.1 Å². The molecule has 0 saturated heterocycles. The number of sulfonamides is 1. The Morgan fingerprint density at radius 1 is 1.15 bits per heavy atom. The zero-order chi connectivity index (χ0) is 19.9. The fourth-order valence-corrected chi connectivity index (χ4v) is 3.21. The van der Waals surface area contributed by atoms with Crippen LogP contribution in [0.15, 0.2) is 48.5 Å². The fourth-order valence-electron chi connectivity index (χ4n) is 2.47. The third kappa shape index (κ3) is 6.99. The van der Waals surface area contributed by atoms with Gasteiger partial charge >= 0.3 is 0 Å². The van der Waals surface area contributed by atoms with Crippen molar-refractivity contribution in [2.24, 2.45) is 0 Å². The van der Waals surface area contributed by atoms with Crippen molar-refractivity contribution in [3.8, 4) is 5.75 Å². The van der Waals surface area contributed by atoms with Crippen molar-refractivity contribution in [3.05, 3.63) is 65.5 Å². The molecule has 0 radical (unpaired) electrons. The zero-order valence-electron chi connectivity index (χ0n) is 15.3. The van der Waals surface area contributed by atoms with Gasteiger partial charge in [0, 0.05) is 13.1 Å². The molecule has 0 saturated carbocycles. The number of nitrogens with one attached hydrogen (secondary N) is 1. The van der Waals surface area contributed by atoms with Crippen molar-refractivity contribution in [2.75, 3.05) is 26.5 Å². The van der Waals surface area contributed by atoms with Gasteiger partial charge in [0.2, 0.25) is 15.9 Å². The summed E-state index contributed by atoms with van der Waals surface area (Å²) in [6, 6.07) is 13.0. The molecule has 1 N–H and O–H groups in total. The molecular weight excluding hydrogens is 371 g/mol. The first kappa shape index (κ1) is 20.9. The highest BCUT2D eigenvalue weighted by atomic mass is 32.2. The minimum absolute atomic E-state index is 0.00240. The highest BCUT2D eigenvalue weighted by Gasteiger charge is 2.20. The van der Waals surface area contributed by atoms with E-state index in [2.05, 4.69) is 5.32 Å². The first-order valence-corrected chi connectivity index (χ1v) is 10.2. The molecule has 0 aliphatic heterocycles. The number of amides is 1. The smallest absolute Gasteiger partial charge is 0.235 e. The second-order valence-electron chi connectivity index (χ2n) is 6.11. The summed E-state index contributed by atoms with van der Waals surface area (Å²) in [4.78, 5) is 12.2. The molecule has 0 heterocycles. The Labute approximate surface area is 159 Å². The SMILES string of the molecule is COc1cccc(CCNC(=O)CN(Cc2ccc(F)cc2)S(C)(=O)=O)c1. The first-order chi connectivity index (χ1) is 12.8. The second kappa shape index (κ2) is 9.48.